The molecule has 0 bridgehead atoms. The normalized spacial score (nSPS) is 10.9. The van der Waals surface area contributed by atoms with Gasteiger partial charge in [-0.05, 0) is 41.8 Å². The van der Waals surface area contributed by atoms with Gasteiger partial charge in [0.2, 0.25) is 0 Å². The molecule has 2 heteroatoms. The summed E-state index contributed by atoms with van der Waals surface area (Å²) in [7, 11) is 0. The van der Waals surface area contributed by atoms with Crippen LogP contribution in [-0.2, 0) is 0 Å². The van der Waals surface area contributed by atoms with Crippen LogP contribution in [0.3, 0.4) is 0 Å². The average molecular weight is 288 g/mol. The van der Waals surface area contributed by atoms with Crippen molar-refractivity contribution in [3.63, 3.8) is 0 Å². The fraction of sp³-hybridized carbons (Fsp3) is 0.294. The zero-order valence-corrected chi connectivity index (χ0v) is 13.0. The molecule has 0 spiro atoms. The van der Waals surface area contributed by atoms with Crippen LogP contribution in [0.25, 0.3) is 0 Å². The molecule has 0 aromatic heterocycles. The van der Waals surface area contributed by atoms with Crippen LogP contribution in [0.5, 0.6) is 0 Å². The Bertz CT molecular complexity index is 454. The van der Waals surface area contributed by atoms with Crippen molar-refractivity contribution in [1.82, 2.24) is 0 Å². The molecule has 0 aliphatic rings. The zero-order chi connectivity index (χ0) is 13.7. The SMILES string of the molecule is CCCCC(c1ccc(S)cc1)c1ccc(S)cc1. The zero-order valence-electron chi connectivity index (χ0n) is 11.2. The van der Waals surface area contributed by atoms with Gasteiger partial charge in [-0.1, -0.05) is 44.0 Å². The first-order valence-corrected chi connectivity index (χ1v) is 7.68. The maximum atomic E-state index is 4.36. The smallest absolute Gasteiger partial charge is 0.00893 e. The molecule has 0 unspecified atom stereocenters. The number of benzene rings is 2. The van der Waals surface area contributed by atoms with Crippen molar-refractivity contribution in [2.75, 3.05) is 0 Å². The number of rotatable bonds is 5. The molecule has 0 saturated carbocycles. The molecule has 0 heterocycles. The van der Waals surface area contributed by atoms with Gasteiger partial charge in [0.1, 0.15) is 0 Å². The van der Waals surface area contributed by atoms with Gasteiger partial charge >= 0.3 is 0 Å². The van der Waals surface area contributed by atoms with Crippen LogP contribution in [0.2, 0.25) is 0 Å². The van der Waals surface area contributed by atoms with E-state index >= 15 is 0 Å². The molecule has 0 fully saturated rings. The summed E-state index contributed by atoms with van der Waals surface area (Å²) in [5.41, 5.74) is 2.75. The second-order valence-corrected chi connectivity index (χ2v) is 5.91. The molecule has 0 saturated heterocycles. The lowest BCUT2D eigenvalue weighted by atomic mass is 9.87. The summed E-state index contributed by atoms with van der Waals surface area (Å²) >= 11 is 8.72. The summed E-state index contributed by atoms with van der Waals surface area (Å²) in [6.07, 6.45) is 3.66. The molecule has 0 aliphatic heterocycles. The van der Waals surface area contributed by atoms with Crippen molar-refractivity contribution in [1.29, 1.82) is 0 Å². The van der Waals surface area contributed by atoms with Crippen molar-refractivity contribution >= 4 is 25.3 Å². The monoisotopic (exact) mass is 288 g/mol. The van der Waals surface area contributed by atoms with E-state index in [0.717, 1.165) is 9.79 Å². The third kappa shape index (κ3) is 4.05. The van der Waals surface area contributed by atoms with E-state index in [1.165, 1.54) is 30.4 Å². The number of unbranched alkanes of at least 4 members (excludes halogenated alkanes) is 1. The molecule has 0 atom stereocenters. The number of hydrogen-bond donors (Lipinski definition) is 2. The molecule has 0 N–H and O–H groups in total. The minimum Gasteiger partial charge on any atom is -0.143 e. The van der Waals surface area contributed by atoms with E-state index in [0.29, 0.717) is 5.92 Å². The van der Waals surface area contributed by atoms with Crippen LogP contribution in [0, 0.1) is 0 Å². The van der Waals surface area contributed by atoms with Crippen LogP contribution in [-0.4, -0.2) is 0 Å². The highest BCUT2D eigenvalue weighted by molar-refractivity contribution is 7.80. The Hall–Kier alpha value is -0.860. The van der Waals surface area contributed by atoms with Gasteiger partial charge in [-0.3, -0.25) is 0 Å². The van der Waals surface area contributed by atoms with Crippen LogP contribution in [0.15, 0.2) is 58.3 Å². The lowest BCUT2D eigenvalue weighted by molar-refractivity contribution is 0.649. The standard InChI is InChI=1S/C17H20S2/c1-2-3-4-17(13-5-9-15(18)10-6-13)14-7-11-16(19)12-8-14/h5-12,17-19H,2-4H2,1H3. The van der Waals surface area contributed by atoms with E-state index < -0.39 is 0 Å². The molecule has 19 heavy (non-hydrogen) atoms. The minimum atomic E-state index is 0.475. The van der Waals surface area contributed by atoms with E-state index in [1.807, 2.05) is 0 Å². The Morgan fingerprint density at radius 2 is 1.21 bits per heavy atom. The fourth-order valence-electron chi connectivity index (χ4n) is 2.35. The molecule has 0 aliphatic carbocycles. The first-order valence-electron chi connectivity index (χ1n) is 6.78. The largest absolute Gasteiger partial charge is 0.143 e. The Balaban J connectivity index is 2.29. The van der Waals surface area contributed by atoms with Crippen LogP contribution < -0.4 is 0 Å². The van der Waals surface area contributed by atoms with Gasteiger partial charge in [-0.25, -0.2) is 0 Å². The summed E-state index contributed by atoms with van der Waals surface area (Å²) in [5.74, 6) is 0.475. The number of hydrogen-bond acceptors (Lipinski definition) is 2. The Kier molecular flexibility index (Phi) is 5.41. The van der Waals surface area contributed by atoms with E-state index in [4.69, 9.17) is 0 Å². The molecule has 0 nitrogen and oxygen atoms in total. The fourth-order valence-corrected chi connectivity index (χ4v) is 2.65. The van der Waals surface area contributed by atoms with Gasteiger partial charge in [0.25, 0.3) is 0 Å². The summed E-state index contributed by atoms with van der Waals surface area (Å²) in [6, 6.07) is 17.1. The van der Waals surface area contributed by atoms with Crippen molar-refractivity contribution in [3.05, 3.63) is 59.7 Å². The van der Waals surface area contributed by atoms with E-state index in [9.17, 15) is 0 Å². The minimum absolute atomic E-state index is 0.475. The highest BCUT2D eigenvalue weighted by Gasteiger charge is 2.13. The maximum Gasteiger partial charge on any atom is 0.00893 e. The first-order chi connectivity index (χ1) is 9.20. The van der Waals surface area contributed by atoms with E-state index in [1.54, 1.807) is 0 Å². The lowest BCUT2D eigenvalue weighted by Crippen LogP contribution is -2.01. The molecule has 2 aromatic rings. The summed E-state index contributed by atoms with van der Waals surface area (Å²) in [4.78, 5) is 2.03. The Labute approximate surface area is 127 Å². The third-order valence-electron chi connectivity index (χ3n) is 3.44. The van der Waals surface area contributed by atoms with Gasteiger partial charge in [0, 0.05) is 15.7 Å². The summed E-state index contributed by atoms with van der Waals surface area (Å²) < 4.78 is 0. The van der Waals surface area contributed by atoms with Gasteiger partial charge in [0.15, 0.2) is 0 Å². The highest BCUT2D eigenvalue weighted by Crippen LogP contribution is 2.30. The van der Waals surface area contributed by atoms with Crippen LogP contribution >= 0.6 is 25.3 Å². The van der Waals surface area contributed by atoms with Crippen molar-refractivity contribution in [3.8, 4) is 0 Å². The van der Waals surface area contributed by atoms with Gasteiger partial charge in [0.05, 0.1) is 0 Å². The summed E-state index contributed by atoms with van der Waals surface area (Å²) in [5, 5.41) is 0. The molecule has 0 radical (unpaired) electrons. The lowest BCUT2D eigenvalue weighted by Gasteiger charge is -2.18. The van der Waals surface area contributed by atoms with Crippen molar-refractivity contribution in [2.24, 2.45) is 0 Å². The maximum absolute atomic E-state index is 4.36. The Morgan fingerprint density at radius 3 is 1.58 bits per heavy atom. The predicted molar refractivity (Wildman–Crippen MR) is 88.8 cm³/mol. The second kappa shape index (κ2) is 7.06. The van der Waals surface area contributed by atoms with Crippen LogP contribution in [0.1, 0.15) is 43.2 Å². The number of thiol groups is 2. The molecule has 2 rings (SSSR count). The molecular formula is C17H20S2. The molecular weight excluding hydrogens is 268 g/mol. The summed E-state index contributed by atoms with van der Waals surface area (Å²) in [6.45, 7) is 2.24. The topological polar surface area (TPSA) is 0 Å². The predicted octanol–water partition coefficient (Wildman–Crippen LogP) is 5.59. The molecule has 2 aromatic carbocycles. The Morgan fingerprint density at radius 1 is 0.789 bits per heavy atom. The van der Waals surface area contributed by atoms with Gasteiger partial charge < -0.3 is 0 Å². The second-order valence-electron chi connectivity index (χ2n) is 4.88. The molecule has 0 amide bonds. The average Bonchev–Trinajstić information content (AvgIpc) is 2.43. The van der Waals surface area contributed by atoms with Crippen molar-refractivity contribution < 1.29 is 0 Å². The molecule has 100 valence electrons. The van der Waals surface area contributed by atoms with E-state index in [2.05, 4.69) is 80.7 Å². The first kappa shape index (κ1) is 14.5. The third-order valence-corrected chi connectivity index (χ3v) is 4.03. The van der Waals surface area contributed by atoms with Crippen molar-refractivity contribution in [2.45, 2.75) is 41.9 Å². The quantitative estimate of drug-likeness (QED) is 0.659. The van der Waals surface area contributed by atoms with Crippen LogP contribution in [0.4, 0.5) is 0 Å². The van der Waals surface area contributed by atoms with E-state index in [-0.39, 0.29) is 0 Å². The van der Waals surface area contributed by atoms with Gasteiger partial charge in [-0.2, -0.15) is 0 Å². The highest BCUT2D eigenvalue weighted by atomic mass is 32.1. The van der Waals surface area contributed by atoms with Gasteiger partial charge in [-0.15, -0.1) is 25.3 Å².